The average Bonchev–Trinajstić information content (AvgIpc) is 2.99. The molecule has 31 heavy (non-hydrogen) atoms. The van der Waals surface area contributed by atoms with Crippen molar-refractivity contribution in [2.24, 2.45) is 0 Å². The minimum Gasteiger partial charge on any atom is -0.505 e. The summed E-state index contributed by atoms with van der Waals surface area (Å²) in [5, 5.41) is 21.7. The summed E-state index contributed by atoms with van der Waals surface area (Å²) in [6, 6.07) is 8.77. The Bertz CT molecular complexity index is 909. The highest BCUT2D eigenvalue weighted by atomic mass is 35.5. The number of amides is 1. The van der Waals surface area contributed by atoms with Gasteiger partial charge >= 0.3 is 5.97 Å². The Labute approximate surface area is 185 Å². The van der Waals surface area contributed by atoms with E-state index in [-0.39, 0.29) is 11.4 Å². The predicted octanol–water partition coefficient (Wildman–Crippen LogP) is 1.85. The quantitative estimate of drug-likeness (QED) is 0.560. The van der Waals surface area contributed by atoms with E-state index in [4.69, 9.17) is 21.4 Å². The number of benzene rings is 1. The maximum Gasteiger partial charge on any atom is 0.322 e. The number of rotatable bonds is 8. The number of ether oxygens (including phenoxy) is 1. The molecule has 0 unspecified atom stereocenters. The van der Waals surface area contributed by atoms with Gasteiger partial charge in [0.05, 0.1) is 11.9 Å². The van der Waals surface area contributed by atoms with E-state index >= 15 is 0 Å². The molecule has 9 nitrogen and oxygen atoms in total. The van der Waals surface area contributed by atoms with Gasteiger partial charge in [-0.05, 0) is 30.7 Å². The van der Waals surface area contributed by atoms with Gasteiger partial charge in [-0.2, -0.15) is 0 Å². The highest BCUT2D eigenvalue weighted by molar-refractivity contribution is 6.30. The molecule has 0 atom stereocenters. The standard InChI is InChI=1S/C21H25ClN4O5/c22-15-2-4-17(5-3-15)31-11-10-25-6-1-7-26(9-8-25)16-12-18(27)20(23-13-16)21(30)24-14-19(28)29/h2-5,12-13,27H,1,6-11,14H2,(H,24,30)(H,28,29). The summed E-state index contributed by atoms with van der Waals surface area (Å²) in [4.78, 5) is 31.0. The molecule has 1 aliphatic heterocycles. The minimum absolute atomic E-state index is 0.194. The number of aromatic nitrogens is 1. The predicted molar refractivity (Wildman–Crippen MR) is 116 cm³/mol. The zero-order chi connectivity index (χ0) is 22.2. The van der Waals surface area contributed by atoms with Crippen molar-refractivity contribution in [1.82, 2.24) is 15.2 Å². The molecule has 166 valence electrons. The number of aliphatic carboxylic acids is 1. The van der Waals surface area contributed by atoms with Crippen LogP contribution in [0.5, 0.6) is 11.5 Å². The Morgan fingerprint density at radius 1 is 1.16 bits per heavy atom. The molecule has 10 heteroatoms. The number of carboxylic acid groups (broad SMARTS) is 1. The average molecular weight is 449 g/mol. The summed E-state index contributed by atoms with van der Waals surface area (Å²) in [5.41, 5.74) is 0.521. The van der Waals surface area contributed by atoms with E-state index in [1.165, 1.54) is 12.3 Å². The van der Waals surface area contributed by atoms with Crippen molar-refractivity contribution in [1.29, 1.82) is 0 Å². The zero-order valence-electron chi connectivity index (χ0n) is 17.0. The van der Waals surface area contributed by atoms with E-state index in [0.29, 0.717) is 17.3 Å². The number of carbonyl (C=O) groups excluding carboxylic acids is 1. The lowest BCUT2D eigenvalue weighted by Crippen LogP contribution is -2.33. The molecule has 1 amide bonds. The van der Waals surface area contributed by atoms with Crippen LogP contribution in [0.1, 0.15) is 16.9 Å². The second kappa shape index (κ2) is 10.8. The molecule has 0 saturated carbocycles. The van der Waals surface area contributed by atoms with Crippen LogP contribution in [0.25, 0.3) is 0 Å². The molecule has 0 aliphatic carbocycles. The zero-order valence-corrected chi connectivity index (χ0v) is 17.7. The maximum absolute atomic E-state index is 11.9. The smallest absolute Gasteiger partial charge is 0.322 e. The Morgan fingerprint density at radius 3 is 2.65 bits per heavy atom. The third kappa shape index (κ3) is 6.73. The van der Waals surface area contributed by atoms with E-state index in [9.17, 15) is 14.7 Å². The number of anilines is 1. The number of hydrogen-bond donors (Lipinski definition) is 3. The highest BCUT2D eigenvalue weighted by Crippen LogP contribution is 2.23. The van der Waals surface area contributed by atoms with E-state index in [1.807, 2.05) is 12.1 Å². The molecule has 3 N–H and O–H groups in total. The van der Waals surface area contributed by atoms with Crippen LogP contribution in [0.15, 0.2) is 36.5 Å². The van der Waals surface area contributed by atoms with Crippen molar-refractivity contribution < 1.29 is 24.5 Å². The number of carbonyl (C=O) groups is 2. The fraction of sp³-hybridized carbons (Fsp3) is 0.381. The first-order valence-electron chi connectivity index (χ1n) is 9.97. The fourth-order valence-corrected chi connectivity index (χ4v) is 3.43. The first-order chi connectivity index (χ1) is 14.9. The molecule has 3 rings (SSSR count). The van der Waals surface area contributed by atoms with Crippen LogP contribution in [-0.4, -0.2) is 77.8 Å². The molecule has 1 aromatic carbocycles. The highest BCUT2D eigenvalue weighted by Gasteiger charge is 2.19. The van der Waals surface area contributed by atoms with E-state index in [0.717, 1.165) is 44.9 Å². The van der Waals surface area contributed by atoms with E-state index in [1.54, 1.807) is 12.1 Å². The molecule has 0 radical (unpaired) electrons. The maximum atomic E-state index is 11.9. The van der Waals surface area contributed by atoms with Gasteiger partial charge in [0.25, 0.3) is 5.91 Å². The van der Waals surface area contributed by atoms with Crippen molar-refractivity contribution in [3.05, 3.63) is 47.2 Å². The molecule has 1 aromatic heterocycles. The van der Waals surface area contributed by atoms with Crippen LogP contribution in [0.2, 0.25) is 5.02 Å². The second-order valence-corrected chi connectivity index (χ2v) is 7.56. The van der Waals surface area contributed by atoms with Gasteiger partial charge in [0.15, 0.2) is 5.69 Å². The van der Waals surface area contributed by atoms with Crippen LogP contribution >= 0.6 is 11.6 Å². The SMILES string of the molecule is O=C(O)CNC(=O)c1ncc(N2CCCN(CCOc3ccc(Cl)cc3)CC2)cc1O. The third-order valence-corrected chi connectivity index (χ3v) is 5.16. The van der Waals surface area contributed by atoms with Gasteiger partial charge in [-0.3, -0.25) is 14.5 Å². The van der Waals surface area contributed by atoms with Gasteiger partial charge < -0.3 is 25.2 Å². The molecule has 1 fully saturated rings. The summed E-state index contributed by atoms with van der Waals surface area (Å²) in [6.45, 7) is 4.12. The van der Waals surface area contributed by atoms with E-state index in [2.05, 4.69) is 20.1 Å². The molecule has 0 bridgehead atoms. The summed E-state index contributed by atoms with van der Waals surface area (Å²) in [7, 11) is 0. The molecule has 1 saturated heterocycles. The monoisotopic (exact) mass is 448 g/mol. The van der Waals surface area contributed by atoms with Crippen molar-refractivity contribution in [3.63, 3.8) is 0 Å². The molecule has 1 aliphatic rings. The lowest BCUT2D eigenvalue weighted by atomic mass is 10.2. The van der Waals surface area contributed by atoms with Crippen LogP contribution < -0.4 is 15.0 Å². The molecule has 2 aromatic rings. The number of halogens is 1. The van der Waals surface area contributed by atoms with Crippen molar-refractivity contribution in [2.75, 3.05) is 50.8 Å². The Hall–Kier alpha value is -3.04. The molecular formula is C21H25ClN4O5. The van der Waals surface area contributed by atoms with E-state index < -0.39 is 18.4 Å². The van der Waals surface area contributed by atoms with Gasteiger partial charge in [0, 0.05) is 43.8 Å². The summed E-state index contributed by atoms with van der Waals surface area (Å²) >= 11 is 5.88. The summed E-state index contributed by atoms with van der Waals surface area (Å²) in [5.74, 6) is -1.39. The first kappa shape index (κ1) is 22.6. The number of nitrogens with one attached hydrogen (secondary N) is 1. The molecular weight excluding hydrogens is 424 g/mol. The summed E-state index contributed by atoms with van der Waals surface area (Å²) < 4.78 is 5.77. The van der Waals surface area contributed by atoms with Gasteiger partial charge in [0.1, 0.15) is 24.7 Å². The largest absolute Gasteiger partial charge is 0.505 e. The van der Waals surface area contributed by atoms with Crippen LogP contribution in [0, 0.1) is 0 Å². The van der Waals surface area contributed by atoms with Crippen LogP contribution in [0.4, 0.5) is 5.69 Å². The minimum atomic E-state index is -1.17. The lowest BCUT2D eigenvalue weighted by molar-refractivity contribution is -0.135. The number of hydrogen-bond acceptors (Lipinski definition) is 7. The van der Waals surface area contributed by atoms with Crippen molar-refractivity contribution in [3.8, 4) is 11.5 Å². The van der Waals surface area contributed by atoms with Gasteiger partial charge in [0.2, 0.25) is 0 Å². The third-order valence-electron chi connectivity index (χ3n) is 4.91. The Morgan fingerprint density at radius 2 is 1.94 bits per heavy atom. The fourth-order valence-electron chi connectivity index (χ4n) is 3.31. The molecule has 0 spiro atoms. The lowest BCUT2D eigenvalue weighted by Gasteiger charge is -2.23. The van der Waals surface area contributed by atoms with Crippen molar-refractivity contribution in [2.45, 2.75) is 6.42 Å². The Balaban J connectivity index is 1.50. The first-order valence-corrected chi connectivity index (χ1v) is 10.3. The van der Waals surface area contributed by atoms with Gasteiger partial charge in [-0.1, -0.05) is 11.6 Å². The number of pyridine rings is 1. The number of carboxylic acids is 1. The topological polar surface area (TPSA) is 115 Å². The van der Waals surface area contributed by atoms with Crippen molar-refractivity contribution >= 4 is 29.2 Å². The Kier molecular flexibility index (Phi) is 7.91. The normalized spacial score (nSPS) is 14.7. The molecule has 2 heterocycles. The number of nitrogens with zero attached hydrogens (tertiary/aromatic N) is 3. The van der Waals surface area contributed by atoms with Gasteiger partial charge in [-0.25, -0.2) is 4.98 Å². The van der Waals surface area contributed by atoms with Crippen LogP contribution in [0.3, 0.4) is 0 Å². The van der Waals surface area contributed by atoms with Gasteiger partial charge in [-0.15, -0.1) is 0 Å². The summed E-state index contributed by atoms with van der Waals surface area (Å²) in [6.07, 6.45) is 2.46. The number of aromatic hydroxyl groups is 1. The second-order valence-electron chi connectivity index (χ2n) is 7.12. The van der Waals surface area contributed by atoms with Crippen LogP contribution in [-0.2, 0) is 4.79 Å².